The van der Waals surface area contributed by atoms with Crippen molar-refractivity contribution in [3.8, 4) is 6.07 Å². The second kappa shape index (κ2) is 26.2. The second-order valence-electron chi connectivity index (χ2n) is 12.0. The first kappa shape index (κ1) is 36.3. The molecule has 0 aliphatic heterocycles. The molecule has 0 amide bonds. The van der Waals surface area contributed by atoms with Crippen LogP contribution in [0, 0.1) is 11.3 Å². The van der Waals surface area contributed by atoms with Crippen LogP contribution in [0.5, 0.6) is 0 Å². The van der Waals surface area contributed by atoms with Crippen molar-refractivity contribution in [2.45, 2.75) is 175 Å². The van der Waals surface area contributed by atoms with Gasteiger partial charge in [0.1, 0.15) is 11.6 Å². The zero-order valence-corrected chi connectivity index (χ0v) is 26.9. The van der Waals surface area contributed by atoms with Crippen LogP contribution in [0.3, 0.4) is 0 Å². The number of unbranched alkanes of at least 4 members (excludes halogenated alkanes) is 19. The van der Waals surface area contributed by atoms with E-state index in [1.54, 1.807) is 0 Å². The molecule has 0 aromatic rings. The van der Waals surface area contributed by atoms with E-state index in [9.17, 15) is 10.1 Å². The van der Waals surface area contributed by atoms with Crippen molar-refractivity contribution in [2.24, 2.45) is 0 Å². The Hall–Kier alpha value is -1.76. The van der Waals surface area contributed by atoms with Crippen molar-refractivity contribution in [3.63, 3.8) is 0 Å². The van der Waals surface area contributed by atoms with Gasteiger partial charge in [0.15, 0.2) is 0 Å². The number of nitrogens with zero attached hydrogens (tertiary/aromatic N) is 2. The Morgan fingerprint density at radius 3 is 1.55 bits per heavy atom. The van der Waals surface area contributed by atoms with E-state index in [4.69, 9.17) is 4.74 Å². The van der Waals surface area contributed by atoms with Gasteiger partial charge in [-0.25, -0.2) is 4.79 Å². The molecule has 0 atom stereocenters. The Kier molecular flexibility index (Phi) is 23.7. The van der Waals surface area contributed by atoms with Crippen molar-refractivity contribution in [1.29, 1.82) is 5.26 Å². The van der Waals surface area contributed by atoms with Crippen LogP contribution in [0.15, 0.2) is 22.9 Å². The van der Waals surface area contributed by atoms with Gasteiger partial charge >= 0.3 is 5.97 Å². The number of carbonyl (C=O) groups excluding carboxylic acids is 1. The summed E-state index contributed by atoms with van der Waals surface area (Å²) in [6.07, 6.45) is 32.0. The number of hydrogen-bond donors (Lipinski definition) is 0. The molecule has 1 aliphatic rings. The maximum Gasteiger partial charge on any atom is 0.349 e. The third kappa shape index (κ3) is 17.8. The Labute approximate surface area is 249 Å². The van der Waals surface area contributed by atoms with Crippen LogP contribution in [0.1, 0.15) is 175 Å². The fraction of sp³-hybridized carbons (Fsp3) is 0.833. The van der Waals surface area contributed by atoms with Crippen LogP contribution < -0.4 is 0 Å². The van der Waals surface area contributed by atoms with Gasteiger partial charge in [-0.2, -0.15) is 5.26 Å². The molecule has 0 saturated heterocycles. The minimum atomic E-state index is -0.427. The van der Waals surface area contributed by atoms with Gasteiger partial charge in [0.05, 0.1) is 6.61 Å². The number of carbonyl (C=O) groups is 1. The molecular formula is C36H64N2O2. The van der Waals surface area contributed by atoms with Crippen LogP contribution in [-0.4, -0.2) is 30.6 Å². The van der Waals surface area contributed by atoms with Crippen molar-refractivity contribution < 1.29 is 9.53 Å². The molecule has 40 heavy (non-hydrogen) atoms. The highest BCUT2D eigenvalue weighted by Crippen LogP contribution is 2.30. The predicted molar refractivity (Wildman–Crippen MR) is 171 cm³/mol. The molecule has 0 N–H and O–H groups in total. The fourth-order valence-corrected chi connectivity index (χ4v) is 5.69. The van der Waals surface area contributed by atoms with E-state index in [0.29, 0.717) is 6.61 Å². The number of nitriles is 1. The highest BCUT2D eigenvalue weighted by Gasteiger charge is 2.22. The minimum Gasteiger partial charge on any atom is -0.462 e. The Morgan fingerprint density at radius 2 is 1.10 bits per heavy atom. The molecular weight excluding hydrogens is 492 g/mol. The summed E-state index contributed by atoms with van der Waals surface area (Å²) in [5, 5.41) is 9.80. The van der Waals surface area contributed by atoms with E-state index in [1.807, 2.05) is 0 Å². The Morgan fingerprint density at radius 1 is 0.675 bits per heavy atom. The maximum absolute atomic E-state index is 12.7. The first-order valence-corrected chi connectivity index (χ1v) is 17.4. The Balaban J connectivity index is 2.52. The van der Waals surface area contributed by atoms with Gasteiger partial charge in [-0.3, -0.25) is 0 Å². The van der Waals surface area contributed by atoms with Gasteiger partial charge in [0, 0.05) is 18.8 Å². The summed E-state index contributed by atoms with van der Waals surface area (Å²) < 4.78 is 5.54. The van der Waals surface area contributed by atoms with Gasteiger partial charge in [0.2, 0.25) is 0 Å². The summed E-state index contributed by atoms with van der Waals surface area (Å²) in [7, 11) is 0. The van der Waals surface area contributed by atoms with Crippen LogP contribution in [0.4, 0.5) is 0 Å². The summed E-state index contributed by atoms with van der Waals surface area (Å²) in [5.41, 5.74) is 2.41. The topological polar surface area (TPSA) is 53.3 Å². The average Bonchev–Trinajstić information content (AvgIpc) is 3.44. The molecule has 230 valence electrons. The van der Waals surface area contributed by atoms with Gasteiger partial charge in [-0.15, -0.1) is 0 Å². The van der Waals surface area contributed by atoms with E-state index in [0.717, 1.165) is 44.3 Å². The highest BCUT2D eigenvalue weighted by molar-refractivity contribution is 5.94. The molecule has 1 rings (SSSR count). The van der Waals surface area contributed by atoms with Crippen LogP contribution in [0.2, 0.25) is 0 Å². The third-order valence-corrected chi connectivity index (χ3v) is 8.33. The summed E-state index contributed by atoms with van der Waals surface area (Å²) in [4.78, 5) is 15.3. The lowest BCUT2D eigenvalue weighted by molar-refractivity contribution is -0.138. The van der Waals surface area contributed by atoms with Gasteiger partial charge in [-0.05, 0) is 43.8 Å². The predicted octanol–water partition coefficient (Wildman–Crippen LogP) is 11.0. The van der Waals surface area contributed by atoms with E-state index >= 15 is 0 Å². The van der Waals surface area contributed by atoms with Gasteiger partial charge in [0.25, 0.3) is 0 Å². The molecule has 4 nitrogen and oxygen atoms in total. The van der Waals surface area contributed by atoms with Crippen LogP contribution >= 0.6 is 0 Å². The molecule has 1 aliphatic carbocycles. The molecule has 0 heterocycles. The molecule has 4 heteroatoms. The number of allylic oxidation sites excluding steroid dienone is 3. The molecule has 0 aromatic heterocycles. The van der Waals surface area contributed by atoms with Crippen molar-refractivity contribution in [1.82, 2.24) is 4.90 Å². The molecule has 0 radical (unpaired) electrons. The SMILES string of the molecule is CCCCCCCCCCCCOC(=O)C(C#N)=C1C=C(N(CCCCCCCC)CCCCCCCC)CC1. The molecule has 0 fully saturated rings. The maximum atomic E-state index is 12.7. The summed E-state index contributed by atoms with van der Waals surface area (Å²) in [6, 6.07) is 2.18. The zero-order chi connectivity index (χ0) is 29.1. The third-order valence-electron chi connectivity index (χ3n) is 8.33. The second-order valence-corrected chi connectivity index (χ2v) is 12.0. The normalized spacial score (nSPS) is 14.2. The van der Waals surface area contributed by atoms with Crippen molar-refractivity contribution >= 4 is 5.97 Å². The minimum absolute atomic E-state index is 0.223. The summed E-state index contributed by atoms with van der Waals surface area (Å²) in [5.74, 6) is -0.427. The number of hydrogen-bond acceptors (Lipinski definition) is 4. The highest BCUT2D eigenvalue weighted by atomic mass is 16.5. The lowest BCUT2D eigenvalue weighted by Crippen LogP contribution is -2.24. The zero-order valence-electron chi connectivity index (χ0n) is 26.9. The van der Waals surface area contributed by atoms with Gasteiger partial charge < -0.3 is 9.64 Å². The molecule has 0 saturated carbocycles. The van der Waals surface area contributed by atoms with E-state index in [1.165, 1.54) is 134 Å². The number of rotatable bonds is 27. The summed E-state index contributed by atoms with van der Waals surface area (Å²) >= 11 is 0. The standard InChI is InChI=1S/C36H64N2O2/c1-4-7-10-13-16-17-18-19-22-25-30-40-36(39)35(32-37)33-26-27-34(31-33)38(28-23-20-14-11-8-5-2)29-24-21-15-12-9-6-3/h31H,4-30H2,1-3H3. The first-order chi connectivity index (χ1) is 19.7. The largest absolute Gasteiger partial charge is 0.462 e. The molecule has 0 aromatic carbocycles. The quantitative estimate of drug-likeness (QED) is 0.0437. The van der Waals surface area contributed by atoms with Crippen LogP contribution in [-0.2, 0) is 9.53 Å². The number of ether oxygens (including phenoxy) is 1. The van der Waals surface area contributed by atoms with E-state index < -0.39 is 5.97 Å². The molecule has 0 spiro atoms. The van der Waals surface area contributed by atoms with E-state index in [-0.39, 0.29) is 5.57 Å². The molecule has 0 unspecified atom stereocenters. The lowest BCUT2D eigenvalue weighted by Gasteiger charge is -2.26. The van der Waals surface area contributed by atoms with Crippen molar-refractivity contribution in [2.75, 3.05) is 19.7 Å². The Bertz CT molecular complexity index is 718. The monoisotopic (exact) mass is 556 g/mol. The number of esters is 1. The molecule has 0 bridgehead atoms. The summed E-state index contributed by atoms with van der Waals surface area (Å²) in [6.45, 7) is 9.39. The van der Waals surface area contributed by atoms with E-state index in [2.05, 4.69) is 37.8 Å². The smallest absolute Gasteiger partial charge is 0.349 e. The van der Waals surface area contributed by atoms with Gasteiger partial charge in [-0.1, -0.05) is 143 Å². The first-order valence-electron chi connectivity index (χ1n) is 17.4. The average molecular weight is 557 g/mol. The fourth-order valence-electron chi connectivity index (χ4n) is 5.69. The lowest BCUT2D eigenvalue weighted by atomic mass is 10.1. The van der Waals surface area contributed by atoms with Crippen molar-refractivity contribution in [3.05, 3.63) is 22.9 Å². The van der Waals surface area contributed by atoms with Crippen LogP contribution in [0.25, 0.3) is 0 Å².